The fraction of sp³-hybridized carbons (Fsp3) is 0.229. The van der Waals surface area contributed by atoms with E-state index in [1.807, 2.05) is 60.7 Å². The Balaban J connectivity index is 1.69. The van der Waals surface area contributed by atoms with Gasteiger partial charge in [0.25, 0.3) is 0 Å². The van der Waals surface area contributed by atoms with Gasteiger partial charge in [-0.2, -0.15) is 9.97 Å². The van der Waals surface area contributed by atoms with E-state index in [0.717, 1.165) is 22.2 Å². The molecule has 4 aromatic carbocycles. The molecule has 194 valence electrons. The molecule has 0 radical (unpaired) electrons. The van der Waals surface area contributed by atoms with Crippen LogP contribution >= 0.6 is 0 Å². The SMILES string of the molecule is CC(C)(C)c1ccc2c(c1)c1cc(C(C)(C)C)ccc1n2-c1nc(-c2ccccc2)nc(-c2ccccc2)n1. The first kappa shape index (κ1) is 25.0. The van der Waals surface area contributed by atoms with Crippen molar-refractivity contribution in [3.63, 3.8) is 0 Å². The molecule has 0 unspecified atom stereocenters. The zero-order chi connectivity index (χ0) is 27.4. The molecule has 39 heavy (non-hydrogen) atoms. The van der Waals surface area contributed by atoms with E-state index in [4.69, 9.17) is 15.0 Å². The second-order valence-electron chi connectivity index (χ2n) is 12.3. The molecule has 0 spiro atoms. The highest BCUT2D eigenvalue weighted by Crippen LogP contribution is 2.37. The lowest BCUT2D eigenvalue weighted by molar-refractivity contribution is 0.590. The largest absolute Gasteiger partial charge is 0.278 e. The number of aromatic nitrogens is 4. The fourth-order valence-electron chi connectivity index (χ4n) is 5.07. The van der Waals surface area contributed by atoms with E-state index in [1.54, 1.807) is 0 Å². The summed E-state index contributed by atoms with van der Waals surface area (Å²) in [5.74, 6) is 1.94. The molecule has 0 bridgehead atoms. The Kier molecular flexibility index (Phi) is 5.87. The van der Waals surface area contributed by atoms with Crippen LogP contribution in [0.2, 0.25) is 0 Å². The monoisotopic (exact) mass is 510 g/mol. The van der Waals surface area contributed by atoms with E-state index < -0.39 is 0 Å². The van der Waals surface area contributed by atoms with Crippen molar-refractivity contribution in [3.05, 3.63) is 108 Å². The molecule has 0 fully saturated rings. The van der Waals surface area contributed by atoms with Crippen LogP contribution in [0, 0.1) is 0 Å². The van der Waals surface area contributed by atoms with Crippen LogP contribution < -0.4 is 0 Å². The van der Waals surface area contributed by atoms with Crippen LogP contribution in [0.5, 0.6) is 0 Å². The van der Waals surface area contributed by atoms with Gasteiger partial charge in [-0.05, 0) is 46.2 Å². The van der Waals surface area contributed by atoms with Gasteiger partial charge in [-0.3, -0.25) is 4.57 Å². The average Bonchev–Trinajstić information content (AvgIpc) is 3.26. The summed E-state index contributed by atoms with van der Waals surface area (Å²) in [6.07, 6.45) is 0. The van der Waals surface area contributed by atoms with Gasteiger partial charge >= 0.3 is 0 Å². The Hall–Kier alpha value is -4.31. The van der Waals surface area contributed by atoms with Crippen LogP contribution in [0.4, 0.5) is 0 Å². The topological polar surface area (TPSA) is 43.6 Å². The molecule has 6 rings (SSSR count). The Labute approximate surface area is 230 Å². The summed E-state index contributed by atoms with van der Waals surface area (Å²) in [4.78, 5) is 15.0. The molecule has 0 aliphatic carbocycles. The van der Waals surface area contributed by atoms with Crippen LogP contribution in [-0.4, -0.2) is 19.5 Å². The highest BCUT2D eigenvalue weighted by molar-refractivity contribution is 6.09. The van der Waals surface area contributed by atoms with E-state index in [9.17, 15) is 0 Å². The molecule has 2 aromatic heterocycles. The van der Waals surface area contributed by atoms with Gasteiger partial charge in [0.05, 0.1) is 11.0 Å². The molecule has 0 saturated heterocycles. The van der Waals surface area contributed by atoms with Crippen LogP contribution in [0.15, 0.2) is 97.1 Å². The predicted octanol–water partition coefficient (Wildman–Crippen LogP) is 8.90. The van der Waals surface area contributed by atoms with Gasteiger partial charge in [0.1, 0.15) is 0 Å². The van der Waals surface area contributed by atoms with Crippen molar-refractivity contribution in [1.82, 2.24) is 19.5 Å². The smallest absolute Gasteiger partial charge is 0.238 e. The molecule has 0 atom stereocenters. The highest BCUT2D eigenvalue weighted by Gasteiger charge is 2.22. The molecule has 2 heterocycles. The van der Waals surface area contributed by atoms with Gasteiger partial charge in [-0.15, -0.1) is 0 Å². The average molecular weight is 511 g/mol. The lowest BCUT2D eigenvalue weighted by Crippen LogP contribution is -2.10. The maximum Gasteiger partial charge on any atom is 0.238 e. The second-order valence-corrected chi connectivity index (χ2v) is 12.3. The van der Waals surface area contributed by atoms with Crippen molar-refractivity contribution in [2.45, 2.75) is 52.4 Å². The van der Waals surface area contributed by atoms with Gasteiger partial charge in [0.2, 0.25) is 5.95 Å². The highest BCUT2D eigenvalue weighted by atomic mass is 15.2. The third-order valence-electron chi connectivity index (χ3n) is 7.38. The molecule has 0 aliphatic heterocycles. The van der Waals surface area contributed by atoms with Gasteiger partial charge in [-0.25, -0.2) is 4.98 Å². The number of rotatable bonds is 3. The summed E-state index contributed by atoms with van der Waals surface area (Å²) in [6.45, 7) is 13.6. The Morgan fingerprint density at radius 1 is 0.487 bits per heavy atom. The molecule has 4 nitrogen and oxygen atoms in total. The number of nitrogens with zero attached hydrogens (tertiary/aromatic N) is 4. The van der Waals surface area contributed by atoms with Crippen molar-refractivity contribution in [2.24, 2.45) is 0 Å². The normalized spacial score (nSPS) is 12.4. The summed E-state index contributed by atoms with van der Waals surface area (Å²) >= 11 is 0. The molecule has 0 saturated carbocycles. The Morgan fingerprint density at radius 2 is 0.897 bits per heavy atom. The molecule has 4 heteroatoms. The molecule has 6 aromatic rings. The first-order valence-electron chi connectivity index (χ1n) is 13.6. The number of benzene rings is 4. The summed E-state index contributed by atoms with van der Waals surface area (Å²) in [5.41, 5.74) is 6.80. The maximum absolute atomic E-state index is 5.05. The van der Waals surface area contributed by atoms with Gasteiger partial charge in [0.15, 0.2) is 11.6 Å². The molecular weight excluding hydrogens is 476 g/mol. The summed E-state index contributed by atoms with van der Waals surface area (Å²) in [5, 5.41) is 2.43. The van der Waals surface area contributed by atoms with E-state index in [2.05, 4.69) is 82.5 Å². The van der Waals surface area contributed by atoms with Crippen LogP contribution in [0.25, 0.3) is 50.5 Å². The molecule has 0 N–H and O–H groups in total. The first-order valence-corrected chi connectivity index (χ1v) is 13.6. The van der Waals surface area contributed by atoms with Crippen molar-refractivity contribution in [3.8, 4) is 28.7 Å². The summed E-state index contributed by atoms with van der Waals surface area (Å²) in [6, 6.07) is 33.9. The minimum Gasteiger partial charge on any atom is -0.278 e. The van der Waals surface area contributed by atoms with E-state index in [1.165, 1.54) is 21.9 Å². The van der Waals surface area contributed by atoms with E-state index in [0.29, 0.717) is 17.6 Å². The minimum atomic E-state index is 0.0401. The van der Waals surface area contributed by atoms with Crippen LogP contribution in [0.1, 0.15) is 52.7 Å². The minimum absolute atomic E-state index is 0.0401. The van der Waals surface area contributed by atoms with Crippen LogP contribution in [0.3, 0.4) is 0 Å². The van der Waals surface area contributed by atoms with Gasteiger partial charge in [0, 0.05) is 21.9 Å². The third kappa shape index (κ3) is 4.61. The number of hydrogen-bond acceptors (Lipinski definition) is 3. The molecule has 0 aliphatic rings. The molecular formula is C35H34N4. The van der Waals surface area contributed by atoms with E-state index >= 15 is 0 Å². The number of hydrogen-bond donors (Lipinski definition) is 0. The van der Waals surface area contributed by atoms with Gasteiger partial charge < -0.3 is 0 Å². The lowest BCUT2D eigenvalue weighted by atomic mass is 9.85. The van der Waals surface area contributed by atoms with Gasteiger partial charge in [-0.1, -0.05) is 114 Å². The quantitative estimate of drug-likeness (QED) is 0.239. The zero-order valence-electron chi connectivity index (χ0n) is 23.5. The Bertz CT molecular complexity index is 1670. The fourth-order valence-corrected chi connectivity index (χ4v) is 5.07. The number of fused-ring (bicyclic) bond motifs is 3. The lowest BCUT2D eigenvalue weighted by Gasteiger charge is -2.19. The standard InChI is InChI=1S/C35H34N4/c1-34(2,3)25-17-19-29-27(21-25)28-22-26(35(4,5)6)18-20-30(28)39(29)33-37-31(23-13-9-7-10-14-23)36-32(38-33)24-15-11-8-12-16-24/h7-22H,1-6H3. The third-order valence-corrected chi connectivity index (χ3v) is 7.38. The second kappa shape index (κ2) is 9.16. The van der Waals surface area contributed by atoms with E-state index in [-0.39, 0.29) is 10.8 Å². The Morgan fingerprint density at radius 3 is 1.28 bits per heavy atom. The van der Waals surface area contributed by atoms with Crippen molar-refractivity contribution < 1.29 is 0 Å². The summed E-state index contributed by atoms with van der Waals surface area (Å²) in [7, 11) is 0. The maximum atomic E-state index is 5.05. The van der Waals surface area contributed by atoms with Crippen LogP contribution in [-0.2, 0) is 10.8 Å². The van der Waals surface area contributed by atoms with Crippen molar-refractivity contribution in [2.75, 3.05) is 0 Å². The first-order chi connectivity index (χ1) is 18.6. The summed E-state index contributed by atoms with van der Waals surface area (Å²) < 4.78 is 2.20. The molecule has 0 amide bonds. The van der Waals surface area contributed by atoms with Crippen molar-refractivity contribution in [1.29, 1.82) is 0 Å². The van der Waals surface area contributed by atoms with Crippen molar-refractivity contribution >= 4 is 21.8 Å². The zero-order valence-corrected chi connectivity index (χ0v) is 23.5. The predicted molar refractivity (Wildman–Crippen MR) is 162 cm³/mol.